The van der Waals surface area contributed by atoms with Crippen LogP contribution in [-0.2, 0) is 14.2 Å². The van der Waals surface area contributed by atoms with Crippen molar-refractivity contribution in [3.8, 4) is 0 Å². The van der Waals surface area contributed by atoms with Crippen LogP contribution >= 0.6 is 0 Å². The number of esters is 2. The van der Waals surface area contributed by atoms with Crippen molar-refractivity contribution in [3.63, 3.8) is 0 Å². The molecule has 0 fully saturated rings. The number of benzene rings is 1. The molecule has 146 valence electrons. The Morgan fingerprint density at radius 3 is 1.41 bits per heavy atom. The Balaban J connectivity index is 2.33. The summed E-state index contributed by atoms with van der Waals surface area (Å²) in [5, 5.41) is 4.82. The highest BCUT2D eigenvalue weighted by Crippen LogP contribution is 2.34. The highest BCUT2D eigenvalue weighted by molar-refractivity contribution is 6.21. The molecule has 1 aliphatic heterocycles. The quantitative estimate of drug-likeness (QED) is 0.457. The number of hydrogen-bond donors (Lipinski definition) is 2. The summed E-state index contributed by atoms with van der Waals surface area (Å²) in [6, 6.07) is 2.71. The van der Waals surface area contributed by atoms with Gasteiger partial charge in [-0.25, -0.2) is 19.2 Å². The monoisotopic (exact) mass is 378 g/mol. The van der Waals surface area contributed by atoms with Crippen molar-refractivity contribution in [2.75, 3.05) is 10.6 Å². The van der Waals surface area contributed by atoms with Crippen LogP contribution in [0, 0.1) is 0 Å². The molecular weight excluding hydrogens is 356 g/mol. The topological polar surface area (TPSA) is 120 Å². The van der Waals surface area contributed by atoms with Crippen LogP contribution < -0.4 is 10.6 Å². The zero-order chi connectivity index (χ0) is 20.6. The van der Waals surface area contributed by atoms with Crippen LogP contribution in [-0.4, -0.2) is 35.3 Å². The van der Waals surface area contributed by atoms with Gasteiger partial charge in [-0.3, -0.25) is 10.6 Å². The van der Waals surface area contributed by atoms with E-state index in [9.17, 15) is 19.2 Å². The summed E-state index contributed by atoms with van der Waals surface area (Å²) in [5.41, 5.74) is -1.77. The first-order valence-corrected chi connectivity index (χ1v) is 8.20. The second kappa shape index (κ2) is 6.90. The number of amides is 2. The number of cyclic esters (lactones) is 2. The summed E-state index contributed by atoms with van der Waals surface area (Å²) in [5.74, 6) is -1.87. The van der Waals surface area contributed by atoms with Gasteiger partial charge in [0.1, 0.15) is 22.3 Å². The number of anilines is 2. The predicted molar refractivity (Wildman–Crippen MR) is 95.9 cm³/mol. The van der Waals surface area contributed by atoms with E-state index in [1.54, 1.807) is 41.5 Å². The lowest BCUT2D eigenvalue weighted by Crippen LogP contribution is -2.28. The molecule has 2 rings (SSSR count). The fourth-order valence-corrected chi connectivity index (χ4v) is 2.25. The van der Waals surface area contributed by atoms with Gasteiger partial charge in [-0.1, -0.05) is 0 Å². The molecular formula is C18H22N2O7. The lowest BCUT2D eigenvalue weighted by molar-refractivity contribution is 0.0444. The average molecular weight is 378 g/mol. The minimum absolute atomic E-state index is 0.0323. The third-order valence-corrected chi connectivity index (χ3v) is 3.07. The van der Waals surface area contributed by atoms with Gasteiger partial charge < -0.3 is 14.2 Å². The van der Waals surface area contributed by atoms with Gasteiger partial charge in [0.15, 0.2) is 0 Å². The minimum atomic E-state index is -0.936. The Kier molecular flexibility index (Phi) is 5.17. The minimum Gasteiger partial charge on any atom is -0.444 e. The first-order chi connectivity index (χ1) is 12.3. The Morgan fingerprint density at radius 1 is 0.778 bits per heavy atom. The second-order valence-corrected chi connectivity index (χ2v) is 7.84. The lowest BCUT2D eigenvalue weighted by atomic mass is 10.0. The van der Waals surface area contributed by atoms with E-state index in [0.717, 1.165) is 0 Å². The molecule has 27 heavy (non-hydrogen) atoms. The summed E-state index contributed by atoms with van der Waals surface area (Å²) in [7, 11) is 0. The molecule has 0 bridgehead atoms. The molecule has 1 aliphatic rings. The predicted octanol–water partition coefficient (Wildman–Crippen LogP) is 3.69. The molecule has 0 radical (unpaired) electrons. The molecule has 1 aromatic rings. The zero-order valence-corrected chi connectivity index (χ0v) is 16.0. The van der Waals surface area contributed by atoms with E-state index in [-0.39, 0.29) is 22.5 Å². The van der Waals surface area contributed by atoms with E-state index in [0.29, 0.717) is 0 Å². The first-order valence-electron chi connectivity index (χ1n) is 8.20. The number of fused-ring (bicyclic) bond motifs is 1. The normalized spacial score (nSPS) is 13.6. The van der Waals surface area contributed by atoms with Crippen LogP contribution in [0.2, 0.25) is 0 Å². The highest BCUT2D eigenvalue weighted by Gasteiger charge is 2.36. The first kappa shape index (κ1) is 20.2. The molecule has 0 aromatic heterocycles. The molecule has 0 atom stereocenters. The van der Waals surface area contributed by atoms with Crippen molar-refractivity contribution in [2.24, 2.45) is 0 Å². The van der Waals surface area contributed by atoms with Crippen LogP contribution in [0.4, 0.5) is 21.0 Å². The van der Waals surface area contributed by atoms with Gasteiger partial charge in [0, 0.05) is 0 Å². The summed E-state index contributed by atoms with van der Waals surface area (Å²) >= 11 is 0. The van der Waals surface area contributed by atoms with Crippen molar-refractivity contribution in [1.29, 1.82) is 0 Å². The number of ether oxygens (including phenoxy) is 3. The molecule has 9 nitrogen and oxygen atoms in total. The van der Waals surface area contributed by atoms with E-state index in [1.165, 1.54) is 12.1 Å². The number of carbonyl (C=O) groups excluding carboxylic acids is 4. The fourth-order valence-electron chi connectivity index (χ4n) is 2.25. The van der Waals surface area contributed by atoms with Crippen molar-refractivity contribution < 1.29 is 33.4 Å². The Hall–Kier alpha value is -3.10. The SMILES string of the molecule is CC(C)(C)OC(=O)Nc1ccc(NC(=O)OC(C)(C)C)c2c1C(=O)OC2=O. The summed E-state index contributed by atoms with van der Waals surface area (Å²) < 4.78 is 14.9. The molecule has 0 aliphatic carbocycles. The molecule has 0 unspecified atom stereocenters. The van der Waals surface area contributed by atoms with Gasteiger partial charge in [-0.2, -0.15) is 0 Å². The standard InChI is InChI=1S/C18H22N2O7/c1-17(2,3)26-15(23)19-9-7-8-10(20-16(24)27-18(4,5)6)12-11(9)13(21)25-14(12)22/h7-8H,1-6H3,(H,19,23)(H,20,24). The van der Waals surface area contributed by atoms with E-state index >= 15 is 0 Å². The summed E-state index contributed by atoms with van der Waals surface area (Å²) in [6.07, 6.45) is -1.60. The molecule has 2 amide bonds. The Bertz CT molecular complexity index is 749. The molecule has 2 N–H and O–H groups in total. The van der Waals surface area contributed by atoms with Crippen molar-refractivity contribution in [2.45, 2.75) is 52.7 Å². The Morgan fingerprint density at radius 2 is 1.11 bits per heavy atom. The molecule has 0 saturated heterocycles. The Labute approximate surface area is 156 Å². The maximum atomic E-state index is 12.1. The van der Waals surface area contributed by atoms with Crippen LogP contribution in [0.25, 0.3) is 0 Å². The third kappa shape index (κ3) is 5.19. The largest absolute Gasteiger partial charge is 0.444 e. The van der Waals surface area contributed by atoms with E-state index in [4.69, 9.17) is 9.47 Å². The smallest absolute Gasteiger partial charge is 0.412 e. The fraction of sp³-hybridized carbons (Fsp3) is 0.444. The lowest BCUT2D eigenvalue weighted by Gasteiger charge is -2.21. The number of rotatable bonds is 2. The van der Waals surface area contributed by atoms with Crippen LogP contribution in [0.1, 0.15) is 62.3 Å². The van der Waals surface area contributed by atoms with Gasteiger partial charge >= 0.3 is 24.1 Å². The molecule has 1 aromatic carbocycles. The average Bonchev–Trinajstić information content (AvgIpc) is 2.73. The van der Waals surface area contributed by atoms with E-state index < -0.39 is 35.3 Å². The maximum Gasteiger partial charge on any atom is 0.412 e. The molecule has 9 heteroatoms. The maximum absolute atomic E-state index is 12.1. The van der Waals surface area contributed by atoms with E-state index in [2.05, 4.69) is 15.4 Å². The second-order valence-electron chi connectivity index (χ2n) is 7.84. The van der Waals surface area contributed by atoms with Gasteiger partial charge in [0.05, 0.1) is 11.4 Å². The number of nitrogens with one attached hydrogen (secondary N) is 2. The van der Waals surface area contributed by atoms with Gasteiger partial charge in [-0.05, 0) is 53.7 Å². The van der Waals surface area contributed by atoms with Crippen molar-refractivity contribution >= 4 is 35.5 Å². The summed E-state index contributed by atoms with van der Waals surface area (Å²) in [4.78, 5) is 48.1. The van der Waals surface area contributed by atoms with Crippen molar-refractivity contribution in [3.05, 3.63) is 23.3 Å². The van der Waals surface area contributed by atoms with Gasteiger partial charge in [0.2, 0.25) is 0 Å². The molecule has 0 spiro atoms. The van der Waals surface area contributed by atoms with Crippen LogP contribution in [0.5, 0.6) is 0 Å². The summed E-state index contributed by atoms with van der Waals surface area (Å²) in [6.45, 7) is 10.1. The highest BCUT2D eigenvalue weighted by atomic mass is 16.6. The van der Waals surface area contributed by atoms with E-state index in [1.807, 2.05) is 0 Å². The van der Waals surface area contributed by atoms with Crippen molar-refractivity contribution in [1.82, 2.24) is 0 Å². The zero-order valence-electron chi connectivity index (χ0n) is 16.0. The number of carbonyl (C=O) groups is 4. The number of hydrogen-bond acceptors (Lipinski definition) is 7. The molecule has 0 saturated carbocycles. The molecule has 1 heterocycles. The van der Waals surface area contributed by atoms with Crippen LogP contribution in [0.15, 0.2) is 12.1 Å². The van der Waals surface area contributed by atoms with Crippen LogP contribution in [0.3, 0.4) is 0 Å². The van der Waals surface area contributed by atoms with Gasteiger partial charge in [-0.15, -0.1) is 0 Å². The third-order valence-electron chi connectivity index (χ3n) is 3.07. The van der Waals surface area contributed by atoms with Gasteiger partial charge in [0.25, 0.3) is 0 Å².